The minimum absolute atomic E-state index is 0.420. The minimum Gasteiger partial charge on any atom is -0.436 e. The maximum atomic E-state index is 9.06. The molecule has 180 valence electrons. The molecule has 0 radical (unpaired) electrons. The van der Waals surface area contributed by atoms with Crippen molar-refractivity contribution in [2.75, 3.05) is 5.32 Å². The Labute approximate surface area is 214 Å². The second kappa shape index (κ2) is 8.85. The summed E-state index contributed by atoms with van der Waals surface area (Å²) in [5, 5.41) is 13.5. The molecule has 7 heteroatoms. The largest absolute Gasteiger partial charge is 0.436 e. The number of para-hydroxylation sites is 1. The summed E-state index contributed by atoms with van der Waals surface area (Å²) in [5.41, 5.74) is 8.27. The van der Waals surface area contributed by atoms with Crippen molar-refractivity contribution in [1.29, 1.82) is 5.26 Å². The van der Waals surface area contributed by atoms with Crippen LogP contribution < -0.4 is 10.1 Å². The van der Waals surface area contributed by atoms with Gasteiger partial charge in [0.25, 0.3) is 0 Å². The van der Waals surface area contributed by atoms with Crippen molar-refractivity contribution in [3.05, 3.63) is 95.7 Å². The molecule has 6 aromatic rings. The first-order valence-electron chi connectivity index (χ1n) is 12.0. The Hall–Kier alpha value is -5.09. The van der Waals surface area contributed by atoms with Crippen molar-refractivity contribution in [3.63, 3.8) is 0 Å². The monoisotopic (exact) mass is 484 g/mol. The molecular formula is C30H24N6O. The summed E-state index contributed by atoms with van der Waals surface area (Å²) in [6, 6.07) is 25.9. The number of hydrogen-bond donors (Lipinski definition) is 2. The van der Waals surface area contributed by atoms with Crippen LogP contribution in [-0.2, 0) is 7.05 Å². The molecule has 7 nitrogen and oxygen atoms in total. The van der Waals surface area contributed by atoms with Crippen LogP contribution in [0.2, 0.25) is 0 Å². The van der Waals surface area contributed by atoms with E-state index in [9.17, 15) is 0 Å². The number of hydrogen-bond acceptors (Lipinski definition) is 5. The van der Waals surface area contributed by atoms with E-state index in [1.54, 1.807) is 12.1 Å². The zero-order chi connectivity index (χ0) is 25.5. The first-order chi connectivity index (χ1) is 18.0. The van der Waals surface area contributed by atoms with Gasteiger partial charge in [-0.25, -0.2) is 4.98 Å². The van der Waals surface area contributed by atoms with Gasteiger partial charge in [-0.3, -0.25) is 0 Å². The summed E-state index contributed by atoms with van der Waals surface area (Å²) in [6.45, 7) is 4.10. The van der Waals surface area contributed by atoms with Crippen LogP contribution in [0.5, 0.6) is 11.6 Å². The summed E-state index contributed by atoms with van der Waals surface area (Å²) in [6.07, 6.45) is 1.94. The lowest BCUT2D eigenvalue weighted by molar-refractivity contribution is 0.459. The fourth-order valence-corrected chi connectivity index (χ4v) is 4.63. The number of aryl methyl sites for hydroxylation is 3. The number of nitriles is 1. The molecule has 37 heavy (non-hydrogen) atoms. The number of nitrogens with one attached hydrogen (secondary N) is 2. The van der Waals surface area contributed by atoms with Gasteiger partial charge in [0, 0.05) is 35.5 Å². The van der Waals surface area contributed by atoms with E-state index in [1.165, 1.54) is 5.39 Å². The molecule has 0 saturated carbocycles. The standard InChI is InChI=1S/C30H24N6O/c1-18-14-22(26-16-21-6-4-5-7-24(21)33-26)15-19(2)28(18)37-29-27-25(12-13-36(27)3)34-30(35-29)32-23-10-8-20(17-31)9-11-23/h4-16,33H,1-3H3,(H,32,34,35). The fraction of sp³-hybridized carbons (Fsp3) is 0.100. The van der Waals surface area contributed by atoms with Gasteiger partial charge in [-0.2, -0.15) is 10.2 Å². The van der Waals surface area contributed by atoms with Crippen LogP contribution in [0.1, 0.15) is 16.7 Å². The van der Waals surface area contributed by atoms with Crippen molar-refractivity contribution in [1.82, 2.24) is 19.5 Å². The summed E-state index contributed by atoms with van der Waals surface area (Å²) in [7, 11) is 1.95. The molecule has 0 amide bonds. The van der Waals surface area contributed by atoms with E-state index in [4.69, 9.17) is 15.0 Å². The van der Waals surface area contributed by atoms with E-state index in [2.05, 4.69) is 51.7 Å². The summed E-state index contributed by atoms with van der Waals surface area (Å²) >= 11 is 0. The molecule has 0 aliphatic carbocycles. The molecule has 0 spiro atoms. The summed E-state index contributed by atoms with van der Waals surface area (Å²) in [5.74, 6) is 1.66. The van der Waals surface area contributed by atoms with Crippen LogP contribution in [-0.4, -0.2) is 19.5 Å². The molecule has 3 aromatic carbocycles. The normalized spacial score (nSPS) is 11.1. The Bertz CT molecular complexity index is 1770. The zero-order valence-corrected chi connectivity index (χ0v) is 20.7. The molecular weight excluding hydrogens is 460 g/mol. The number of nitrogens with zero attached hydrogens (tertiary/aromatic N) is 4. The maximum absolute atomic E-state index is 9.06. The maximum Gasteiger partial charge on any atom is 0.249 e. The molecule has 3 heterocycles. The van der Waals surface area contributed by atoms with Gasteiger partial charge in [-0.15, -0.1) is 0 Å². The van der Waals surface area contributed by atoms with E-state index in [-0.39, 0.29) is 0 Å². The molecule has 3 aromatic heterocycles. The van der Waals surface area contributed by atoms with Crippen LogP contribution >= 0.6 is 0 Å². The highest BCUT2D eigenvalue weighted by molar-refractivity contribution is 5.86. The third-order valence-electron chi connectivity index (χ3n) is 6.46. The van der Waals surface area contributed by atoms with E-state index in [0.717, 1.165) is 50.4 Å². The number of aromatic nitrogens is 4. The van der Waals surface area contributed by atoms with Crippen molar-refractivity contribution >= 4 is 33.6 Å². The summed E-state index contributed by atoms with van der Waals surface area (Å²) < 4.78 is 8.45. The van der Waals surface area contributed by atoms with Crippen LogP contribution in [0.15, 0.2) is 79.0 Å². The number of anilines is 2. The molecule has 0 fully saturated rings. The molecule has 0 aliphatic rings. The molecule has 2 N–H and O–H groups in total. The van der Waals surface area contributed by atoms with Crippen molar-refractivity contribution in [2.45, 2.75) is 13.8 Å². The van der Waals surface area contributed by atoms with Gasteiger partial charge in [0.05, 0.1) is 17.1 Å². The number of rotatable bonds is 5. The summed E-state index contributed by atoms with van der Waals surface area (Å²) in [4.78, 5) is 12.9. The number of benzene rings is 3. The third-order valence-corrected chi connectivity index (χ3v) is 6.46. The quantitative estimate of drug-likeness (QED) is 0.271. The van der Waals surface area contributed by atoms with E-state index >= 15 is 0 Å². The highest BCUT2D eigenvalue weighted by Gasteiger charge is 2.17. The Kier molecular flexibility index (Phi) is 5.35. The topological polar surface area (TPSA) is 91.5 Å². The van der Waals surface area contributed by atoms with E-state index in [1.807, 2.05) is 62.0 Å². The van der Waals surface area contributed by atoms with E-state index < -0.39 is 0 Å². The van der Waals surface area contributed by atoms with Gasteiger partial charge in [-0.1, -0.05) is 18.2 Å². The van der Waals surface area contributed by atoms with Crippen molar-refractivity contribution in [2.24, 2.45) is 7.05 Å². The number of fused-ring (bicyclic) bond motifs is 2. The van der Waals surface area contributed by atoms with Crippen LogP contribution in [0.25, 0.3) is 33.2 Å². The van der Waals surface area contributed by atoms with Gasteiger partial charge >= 0.3 is 0 Å². The second-order valence-electron chi connectivity index (χ2n) is 9.14. The average Bonchev–Trinajstić information content (AvgIpc) is 3.50. The lowest BCUT2D eigenvalue weighted by atomic mass is 10.0. The van der Waals surface area contributed by atoms with Gasteiger partial charge in [0.15, 0.2) is 0 Å². The smallest absolute Gasteiger partial charge is 0.249 e. The SMILES string of the molecule is Cc1cc(-c2cc3ccccc3[nH]2)cc(C)c1Oc1nc(Nc2ccc(C#N)cc2)nc2ccn(C)c12. The lowest BCUT2D eigenvalue weighted by Crippen LogP contribution is -2.02. The van der Waals surface area contributed by atoms with Gasteiger partial charge in [0.1, 0.15) is 11.3 Å². The Morgan fingerprint density at radius 3 is 2.43 bits per heavy atom. The molecule has 0 unspecified atom stereocenters. The molecule has 0 atom stereocenters. The fourth-order valence-electron chi connectivity index (χ4n) is 4.63. The highest BCUT2D eigenvalue weighted by Crippen LogP contribution is 2.36. The number of ether oxygens (including phenoxy) is 1. The van der Waals surface area contributed by atoms with Crippen LogP contribution in [0.4, 0.5) is 11.6 Å². The molecule has 6 rings (SSSR count). The van der Waals surface area contributed by atoms with Gasteiger partial charge in [-0.05, 0) is 85.1 Å². The number of H-pyrrole nitrogens is 1. The first-order valence-corrected chi connectivity index (χ1v) is 12.0. The molecule has 0 aliphatic heterocycles. The predicted molar refractivity (Wildman–Crippen MR) is 146 cm³/mol. The van der Waals surface area contributed by atoms with Crippen molar-refractivity contribution in [3.8, 4) is 29.0 Å². The van der Waals surface area contributed by atoms with Gasteiger partial charge < -0.3 is 19.6 Å². The Balaban J connectivity index is 1.37. The molecule has 0 bridgehead atoms. The average molecular weight is 485 g/mol. The lowest BCUT2D eigenvalue weighted by Gasteiger charge is -2.15. The van der Waals surface area contributed by atoms with E-state index in [0.29, 0.717) is 17.4 Å². The third kappa shape index (κ3) is 4.15. The Morgan fingerprint density at radius 2 is 1.70 bits per heavy atom. The van der Waals surface area contributed by atoms with Crippen LogP contribution in [0, 0.1) is 25.2 Å². The zero-order valence-electron chi connectivity index (χ0n) is 20.7. The first kappa shape index (κ1) is 22.4. The second-order valence-corrected chi connectivity index (χ2v) is 9.14. The van der Waals surface area contributed by atoms with Crippen LogP contribution in [0.3, 0.4) is 0 Å². The Morgan fingerprint density at radius 1 is 0.946 bits per heavy atom. The predicted octanol–water partition coefficient (Wildman–Crippen LogP) is 7.14. The number of aromatic amines is 1. The van der Waals surface area contributed by atoms with Crippen molar-refractivity contribution < 1.29 is 4.74 Å². The molecule has 0 saturated heterocycles. The minimum atomic E-state index is 0.420. The highest BCUT2D eigenvalue weighted by atomic mass is 16.5. The van der Waals surface area contributed by atoms with Gasteiger partial charge in [0.2, 0.25) is 11.8 Å².